The average molecular weight is 435 g/mol. The SMILES string of the molecule is O=C(CCc1ccccc1)Nc1nc(C(=O)Nc2cccc(OC(F)(F)F)c2)cs1. The predicted molar refractivity (Wildman–Crippen MR) is 107 cm³/mol. The molecule has 0 aliphatic carbocycles. The quantitative estimate of drug-likeness (QED) is 0.555. The molecule has 0 saturated heterocycles. The van der Waals surface area contributed by atoms with Crippen LogP contribution in [0.2, 0.25) is 0 Å². The van der Waals surface area contributed by atoms with Crippen molar-refractivity contribution in [1.29, 1.82) is 0 Å². The lowest BCUT2D eigenvalue weighted by atomic mass is 10.1. The van der Waals surface area contributed by atoms with Crippen molar-refractivity contribution in [3.63, 3.8) is 0 Å². The Morgan fingerprint density at radius 3 is 2.53 bits per heavy atom. The number of hydrogen-bond donors (Lipinski definition) is 2. The highest BCUT2D eigenvalue weighted by Gasteiger charge is 2.31. The van der Waals surface area contributed by atoms with Crippen LogP contribution in [0, 0.1) is 0 Å². The first-order valence-electron chi connectivity index (χ1n) is 8.75. The molecule has 2 aromatic carbocycles. The van der Waals surface area contributed by atoms with Gasteiger partial charge in [-0.05, 0) is 24.1 Å². The van der Waals surface area contributed by atoms with Gasteiger partial charge >= 0.3 is 6.36 Å². The summed E-state index contributed by atoms with van der Waals surface area (Å²) >= 11 is 1.07. The highest BCUT2D eigenvalue weighted by molar-refractivity contribution is 7.14. The molecule has 3 rings (SSSR count). The molecule has 0 saturated carbocycles. The van der Waals surface area contributed by atoms with Gasteiger partial charge in [-0.15, -0.1) is 24.5 Å². The molecule has 2 amide bonds. The van der Waals surface area contributed by atoms with Crippen molar-refractivity contribution in [2.24, 2.45) is 0 Å². The van der Waals surface area contributed by atoms with Gasteiger partial charge in [0.2, 0.25) is 5.91 Å². The normalized spacial score (nSPS) is 11.0. The molecule has 0 fully saturated rings. The number of halogens is 3. The molecule has 1 aromatic heterocycles. The zero-order chi connectivity index (χ0) is 21.6. The third kappa shape index (κ3) is 6.59. The van der Waals surface area contributed by atoms with Crippen molar-refractivity contribution in [3.8, 4) is 5.75 Å². The van der Waals surface area contributed by atoms with Crippen LogP contribution in [0.25, 0.3) is 0 Å². The van der Waals surface area contributed by atoms with E-state index in [9.17, 15) is 22.8 Å². The van der Waals surface area contributed by atoms with E-state index in [4.69, 9.17) is 0 Å². The molecule has 0 bridgehead atoms. The monoisotopic (exact) mass is 435 g/mol. The van der Waals surface area contributed by atoms with E-state index in [0.29, 0.717) is 6.42 Å². The number of nitrogens with zero attached hydrogens (tertiary/aromatic N) is 1. The molecule has 0 atom stereocenters. The summed E-state index contributed by atoms with van der Waals surface area (Å²) in [5.74, 6) is -1.32. The lowest BCUT2D eigenvalue weighted by Crippen LogP contribution is -2.17. The van der Waals surface area contributed by atoms with Crippen LogP contribution in [-0.4, -0.2) is 23.2 Å². The molecule has 0 unspecified atom stereocenters. The molecule has 10 heteroatoms. The molecular formula is C20H16F3N3O3S. The first-order chi connectivity index (χ1) is 14.3. The van der Waals surface area contributed by atoms with E-state index in [0.717, 1.165) is 29.0 Å². The fourth-order valence-corrected chi connectivity index (χ4v) is 3.19. The molecule has 30 heavy (non-hydrogen) atoms. The predicted octanol–water partition coefficient (Wildman–Crippen LogP) is 4.87. The largest absolute Gasteiger partial charge is 0.573 e. The second-order valence-electron chi connectivity index (χ2n) is 6.10. The van der Waals surface area contributed by atoms with Gasteiger partial charge in [-0.25, -0.2) is 4.98 Å². The Hall–Kier alpha value is -3.40. The van der Waals surface area contributed by atoms with Crippen molar-refractivity contribution in [3.05, 3.63) is 71.2 Å². The second kappa shape index (κ2) is 9.40. The maximum absolute atomic E-state index is 12.3. The summed E-state index contributed by atoms with van der Waals surface area (Å²) in [7, 11) is 0. The first-order valence-corrected chi connectivity index (χ1v) is 9.63. The number of benzene rings is 2. The summed E-state index contributed by atoms with van der Waals surface area (Å²) in [4.78, 5) is 28.4. The zero-order valence-electron chi connectivity index (χ0n) is 15.4. The highest BCUT2D eigenvalue weighted by atomic mass is 32.1. The number of alkyl halides is 3. The lowest BCUT2D eigenvalue weighted by molar-refractivity contribution is -0.274. The van der Waals surface area contributed by atoms with Crippen LogP contribution >= 0.6 is 11.3 Å². The molecule has 0 spiro atoms. The van der Waals surface area contributed by atoms with Gasteiger partial charge in [0.05, 0.1) is 0 Å². The summed E-state index contributed by atoms with van der Waals surface area (Å²) in [5, 5.41) is 6.77. The third-order valence-electron chi connectivity index (χ3n) is 3.79. The highest BCUT2D eigenvalue weighted by Crippen LogP contribution is 2.25. The Morgan fingerprint density at radius 1 is 1.03 bits per heavy atom. The molecule has 2 N–H and O–H groups in total. The average Bonchev–Trinajstić information content (AvgIpc) is 3.15. The van der Waals surface area contributed by atoms with Gasteiger partial charge in [-0.2, -0.15) is 0 Å². The zero-order valence-corrected chi connectivity index (χ0v) is 16.2. The molecule has 0 aliphatic rings. The van der Waals surface area contributed by atoms with E-state index >= 15 is 0 Å². The number of carbonyl (C=O) groups excluding carboxylic acids is 2. The fourth-order valence-electron chi connectivity index (χ4n) is 2.49. The molecule has 1 heterocycles. The molecule has 6 nitrogen and oxygen atoms in total. The van der Waals surface area contributed by atoms with E-state index < -0.39 is 18.0 Å². The van der Waals surface area contributed by atoms with Crippen LogP contribution in [0.3, 0.4) is 0 Å². The van der Waals surface area contributed by atoms with Gasteiger partial charge < -0.3 is 15.4 Å². The van der Waals surface area contributed by atoms with Crippen molar-refractivity contribution in [1.82, 2.24) is 4.98 Å². The van der Waals surface area contributed by atoms with E-state index in [1.54, 1.807) is 0 Å². The molecule has 0 aliphatic heterocycles. The third-order valence-corrected chi connectivity index (χ3v) is 4.55. The molecular weight excluding hydrogens is 419 g/mol. The number of nitrogens with one attached hydrogen (secondary N) is 2. The number of aryl methyl sites for hydroxylation is 1. The number of ether oxygens (including phenoxy) is 1. The number of carbonyl (C=O) groups is 2. The number of rotatable bonds is 7. The Morgan fingerprint density at radius 2 is 1.80 bits per heavy atom. The summed E-state index contributed by atoms with van der Waals surface area (Å²) in [6, 6.07) is 14.4. The van der Waals surface area contributed by atoms with Crippen LogP contribution < -0.4 is 15.4 Å². The minimum atomic E-state index is -4.83. The van der Waals surface area contributed by atoms with Crippen molar-refractivity contribution >= 4 is 34.0 Å². The van der Waals surface area contributed by atoms with Crippen molar-refractivity contribution in [2.75, 3.05) is 10.6 Å². The maximum atomic E-state index is 12.3. The van der Waals surface area contributed by atoms with E-state index in [1.807, 2.05) is 30.3 Å². The van der Waals surface area contributed by atoms with Crippen LogP contribution in [0.15, 0.2) is 60.0 Å². The Labute approximate surface area is 173 Å². The topological polar surface area (TPSA) is 80.3 Å². The summed E-state index contributed by atoms with van der Waals surface area (Å²) in [6.45, 7) is 0. The van der Waals surface area contributed by atoms with Gasteiger partial charge in [0, 0.05) is 23.6 Å². The van der Waals surface area contributed by atoms with E-state index in [-0.39, 0.29) is 28.8 Å². The fraction of sp³-hybridized carbons (Fsp3) is 0.150. The first kappa shape index (κ1) is 21.3. The summed E-state index contributed by atoms with van der Waals surface area (Å²) in [5.41, 5.74) is 1.17. The Kier molecular flexibility index (Phi) is 6.68. The number of hydrogen-bond acceptors (Lipinski definition) is 5. The maximum Gasteiger partial charge on any atom is 0.573 e. The van der Waals surface area contributed by atoms with Gasteiger partial charge in [-0.3, -0.25) is 9.59 Å². The smallest absolute Gasteiger partial charge is 0.406 e. The summed E-state index contributed by atoms with van der Waals surface area (Å²) in [6.07, 6.45) is -4.00. The van der Waals surface area contributed by atoms with E-state index in [2.05, 4.69) is 20.4 Å². The second-order valence-corrected chi connectivity index (χ2v) is 6.96. The minimum absolute atomic E-state index is 0.0282. The Bertz CT molecular complexity index is 1020. The lowest BCUT2D eigenvalue weighted by Gasteiger charge is -2.10. The number of aromatic nitrogens is 1. The number of amides is 2. The van der Waals surface area contributed by atoms with Gasteiger partial charge in [0.25, 0.3) is 5.91 Å². The van der Waals surface area contributed by atoms with Gasteiger partial charge in [-0.1, -0.05) is 36.4 Å². The molecule has 156 valence electrons. The van der Waals surface area contributed by atoms with Crippen molar-refractivity contribution in [2.45, 2.75) is 19.2 Å². The van der Waals surface area contributed by atoms with Gasteiger partial charge in [0.1, 0.15) is 11.4 Å². The van der Waals surface area contributed by atoms with Gasteiger partial charge in [0.15, 0.2) is 5.13 Å². The summed E-state index contributed by atoms with van der Waals surface area (Å²) < 4.78 is 40.7. The minimum Gasteiger partial charge on any atom is -0.406 e. The standard InChI is InChI=1S/C20H16F3N3O3S/c21-20(22,23)29-15-8-4-7-14(11-15)24-18(28)16-12-30-19(25-16)26-17(27)10-9-13-5-2-1-3-6-13/h1-8,11-12H,9-10H2,(H,24,28)(H,25,26,27). The van der Waals surface area contributed by atoms with Crippen LogP contribution in [-0.2, 0) is 11.2 Å². The number of anilines is 2. The van der Waals surface area contributed by atoms with Crippen molar-refractivity contribution < 1.29 is 27.5 Å². The van der Waals surface area contributed by atoms with Crippen LogP contribution in [0.5, 0.6) is 5.75 Å². The number of thiazole rings is 1. The van der Waals surface area contributed by atoms with E-state index in [1.165, 1.54) is 17.5 Å². The van der Waals surface area contributed by atoms with Crippen LogP contribution in [0.4, 0.5) is 24.0 Å². The Balaban J connectivity index is 1.54. The van der Waals surface area contributed by atoms with Crippen LogP contribution in [0.1, 0.15) is 22.5 Å². The molecule has 0 radical (unpaired) electrons. The molecule has 3 aromatic rings.